The number of hydrogen-bond acceptors (Lipinski definition) is 2. The lowest BCUT2D eigenvalue weighted by Gasteiger charge is -2.28. The summed E-state index contributed by atoms with van der Waals surface area (Å²) in [7, 11) is 0. The second-order valence-corrected chi connectivity index (χ2v) is 5.04. The minimum Gasteiger partial charge on any atom is -0.508 e. The molecule has 0 bridgehead atoms. The van der Waals surface area contributed by atoms with E-state index in [1.165, 1.54) is 0 Å². The van der Waals surface area contributed by atoms with Crippen molar-refractivity contribution in [2.75, 3.05) is 0 Å². The van der Waals surface area contributed by atoms with E-state index in [0.29, 0.717) is 18.3 Å². The predicted molar refractivity (Wildman–Crippen MR) is 64.0 cm³/mol. The van der Waals surface area contributed by atoms with Crippen molar-refractivity contribution in [3.05, 3.63) is 28.8 Å². The normalized spacial score (nSPS) is 20.0. The van der Waals surface area contributed by atoms with E-state index in [9.17, 15) is 9.90 Å². The van der Waals surface area contributed by atoms with Gasteiger partial charge in [0, 0.05) is 12.0 Å². The van der Waals surface area contributed by atoms with Crippen molar-refractivity contribution in [3.8, 4) is 5.75 Å². The van der Waals surface area contributed by atoms with Gasteiger partial charge < -0.3 is 5.11 Å². The fourth-order valence-electron chi connectivity index (χ4n) is 2.54. The number of phenolic OH excluding ortho intramolecular Hbond substituents is 1. The number of phenols is 1. The first-order valence-electron chi connectivity index (χ1n) is 5.87. The molecule has 0 aliphatic heterocycles. The van der Waals surface area contributed by atoms with Crippen molar-refractivity contribution in [3.63, 3.8) is 0 Å². The third kappa shape index (κ3) is 1.73. The molecule has 0 saturated heterocycles. The van der Waals surface area contributed by atoms with Crippen LogP contribution in [-0.2, 0) is 0 Å². The van der Waals surface area contributed by atoms with E-state index >= 15 is 0 Å². The Labute approximate surface area is 96.3 Å². The van der Waals surface area contributed by atoms with Crippen molar-refractivity contribution in [1.29, 1.82) is 0 Å². The molecule has 0 aromatic heterocycles. The average Bonchev–Trinajstić information content (AvgIpc) is 2.21. The van der Waals surface area contributed by atoms with Crippen LogP contribution in [0, 0.1) is 12.8 Å². The maximum atomic E-state index is 11.8. The average molecular weight is 218 g/mol. The smallest absolute Gasteiger partial charge is 0.163 e. The zero-order chi connectivity index (χ0) is 11.9. The zero-order valence-corrected chi connectivity index (χ0v) is 10.1. The van der Waals surface area contributed by atoms with Gasteiger partial charge in [-0.2, -0.15) is 0 Å². The molecule has 2 rings (SSSR count). The van der Waals surface area contributed by atoms with Gasteiger partial charge in [-0.05, 0) is 42.4 Å². The first-order chi connectivity index (χ1) is 7.50. The van der Waals surface area contributed by atoms with E-state index in [0.717, 1.165) is 23.1 Å². The third-order valence-corrected chi connectivity index (χ3v) is 3.56. The molecular formula is C14H18O2. The number of aryl methyl sites for hydroxylation is 1. The molecule has 0 unspecified atom stereocenters. The Morgan fingerprint density at radius 1 is 1.38 bits per heavy atom. The minimum atomic E-state index is 0.169. The van der Waals surface area contributed by atoms with E-state index < -0.39 is 0 Å². The predicted octanol–water partition coefficient (Wildman–Crippen LogP) is 3.42. The quantitative estimate of drug-likeness (QED) is 0.784. The van der Waals surface area contributed by atoms with Gasteiger partial charge in [0.2, 0.25) is 0 Å². The van der Waals surface area contributed by atoms with Crippen LogP contribution in [-0.4, -0.2) is 10.9 Å². The lowest BCUT2D eigenvalue weighted by Crippen LogP contribution is -2.19. The summed E-state index contributed by atoms with van der Waals surface area (Å²) in [5, 5.41) is 9.67. The van der Waals surface area contributed by atoms with Gasteiger partial charge in [-0.25, -0.2) is 0 Å². The lowest BCUT2D eigenvalue weighted by molar-refractivity contribution is 0.0962. The van der Waals surface area contributed by atoms with Gasteiger partial charge in [-0.15, -0.1) is 0 Å². The first-order valence-corrected chi connectivity index (χ1v) is 5.87. The molecule has 1 aromatic rings. The fraction of sp³-hybridized carbons (Fsp3) is 0.500. The SMILES string of the molecule is Cc1cc2c(cc1O)C(=O)CC[C@H]2C(C)C. The van der Waals surface area contributed by atoms with Gasteiger partial charge in [-0.3, -0.25) is 4.79 Å². The van der Waals surface area contributed by atoms with Gasteiger partial charge in [-0.1, -0.05) is 19.9 Å². The Kier molecular flexibility index (Phi) is 2.75. The van der Waals surface area contributed by atoms with Crippen LogP contribution in [0.4, 0.5) is 0 Å². The molecule has 1 N–H and O–H groups in total. The number of ketones is 1. The number of carbonyl (C=O) groups excluding carboxylic acids is 1. The molecule has 2 nitrogen and oxygen atoms in total. The summed E-state index contributed by atoms with van der Waals surface area (Å²) in [6.07, 6.45) is 1.55. The number of fused-ring (bicyclic) bond motifs is 1. The third-order valence-electron chi connectivity index (χ3n) is 3.56. The minimum absolute atomic E-state index is 0.169. The molecule has 16 heavy (non-hydrogen) atoms. The van der Waals surface area contributed by atoms with Gasteiger partial charge in [0.05, 0.1) is 0 Å². The molecule has 0 radical (unpaired) electrons. The van der Waals surface area contributed by atoms with Crippen molar-refractivity contribution in [2.24, 2.45) is 5.92 Å². The largest absolute Gasteiger partial charge is 0.508 e. The molecule has 1 aliphatic rings. The number of carbonyl (C=O) groups is 1. The summed E-state index contributed by atoms with van der Waals surface area (Å²) < 4.78 is 0. The molecule has 0 heterocycles. The van der Waals surface area contributed by atoms with Crippen molar-refractivity contribution >= 4 is 5.78 Å². The van der Waals surface area contributed by atoms with Crippen LogP contribution >= 0.6 is 0 Å². The van der Waals surface area contributed by atoms with Crippen LogP contribution in [0.2, 0.25) is 0 Å². The lowest BCUT2D eigenvalue weighted by atomic mass is 9.76. The summed E-state index contributed by atoms with van der Waals surface area (Å²) in [4.78, 5) is 11.8. The van der Waals surface area contributed by atoms with Crippen LogP contribution in [0.15, 0.2) is 12.1 Å². The van der Waals surface area contributed by atoms with E-state index in [4.69, 9.17) is 0 Å². The van der Waals surface area contributed by atoms with Crippen LogP contribution in [0.1, 0.15) is 54.1 Å². The van der Waals surface area contributed by atoms with Crippen LogP contribution in [0.25, 0.3) is 0 Å². The molecule has 2 heteroatoms. The Balaban J connectivity index is 2.57. The van der Waals surface area contributed by atoms with Crippen molar-refractivity contribution in [2.45, 2.75) is 39.5 Å². The van der Waals surface area contributed by atoms with Gasteiger partial charge >= 0.3 is 0 Å². The number of hydrogen-bond donors (Lipinski definition) is 1. The van der Waals surface area contributed by atoms with Gasteiger partial charge in [0.15, 0.2) is 5.78 Å². The van der Waals surface area contributed by atoms with Crippen molar-refractivity contribution < 1.29 is 9.90 Å². The second kappa shape index (κ2) is 3.93. The second-order valence-electron chi connectivity index (χ2n) is 5.04. The monoisotopic (exact) mass is 218 g/mol. The highest BCUT2D eigenvalue weighted by Crippen LogP contribution is 2.39. The molecule has 0 spiro atoms. The summed E-state index contributed by atoms with van der Waals surface area (Å²) in [6, 6.07) is 3.62. The molecule has 86 valence electrons. The summed E-state index contributed by atoms with van der Waals surface area (Å²) in [5.74, 6) is 1.39. The zero-order valence-electron chi connectivity index (χ0n) is 10.1. The van der Waals surface area contributed by atoms with E-state index in [1.54, 1.807) is 6.07 Å². The van der Waals surface area contributed by atoms with E-state index in [-0.39, 0.29) is 11.5 Å². The highest BCUT2D eigenvalue weighted by molar-refractivity contribution is 5.99. The highest BCUT2D eigenvalue weighted by atomic mass is 16.3. The van der Waals surface area contributed by atoms with Gasteiger partial charge in [0.1, 0.15) is 5.75 Å². The van der Waals surface area contributed by atoms with E-state index in [1.807, 2.05) is 13.0 Å². The Bertz CT molecular complexity index is 433. The number of aromatic hydroxyl groups is 1. The molecule has 0 saturated carbocycles. The summed E-state index contributed by atoms with van der Waals surface area (Å²) in [6.45, 7) is 6.25. The maximum absolute atomic E-state index is 11.8. The Morgan fingerprint density at radius 3 is 2.69 bits per heavy atom. The molecule has 1 aliphatic carbocycles. The molecular weight excluding hydrogens is 200 g/mol. The van der Waals surface area contributed by atoms with E-state index in [2.05, 4.69) is 13.8 Å². The topological polar surface area (TPSA) is 37.3 Å². The highest BCUT2D eigenvalue weighted by Gasteiger charge is 2.28. The van der Waals surface area contributed by atoms with Crippen LogP contribution < -0.4 is 0 Å². The fourth-order valence-corrected chi connectivity index (χ4v) is 2.54. The number of benzene rings is 1. The van der Waals surface area contributed by atoms with Crippen LogP contribution in [0.3, 0.4) is 0 Å². The number of rotatable bonds is 1. The molecule has 0 fully saturated rings. The van der Waals surface area contributed by atoms with Crippen molar-refractivity contribution in [1.82, 2.24) is 0 Å². The molecule has 1 aromatic carbocycles. The standard InChI is InChI=1S/C14H18O2/c1-8(2)10-4-5-13(15)12-7-14(16)9(3)6-11(10)12/h6-8,10,16H,4-5H2,1-3H3/t10-/m0/s1. The summed E-state index contributed by atoms with van der Waals surface area (Å²) in [5.41, 5.74) is 2.72. The molecule has 0 amide bonds. The number of Topliss-reactive ketones (excluding diaryl/α,β-unsaturated/α-hetero) is 1. The molecule has 1 atom stereocenters. The van der Waals surface area contributed by atoms with Gasteiger partial charge in [0.25, 0.3) is 0 Å². The van der Waals surface area contributed by atoms with Crippen LogP contribution in [0.5, 0.6) is 5.75 Å². The maximum Gasteiger partial charge on any atom is 0.163 e. The first kappa shape index (κ1) is 11.2. The Morgan fingerprint density at radius 2 is 2.06 bits per heavy atom. The summed E-state index contributed by atoms with van der Waals surface area (Å²) >= 11 is 0. The Hall–Kier alpha value is -1.31.